The Balaban J connectivity index is 3.09. The minimum Gasteiger partial charge on any atom is -0.493 e. The first-order valence-electron chi connectivity index (χ1n) is 4.03. The van der Waals surface area contributed by atoms with Gasteiger partial charge in [0.05, 0.1) is 7.11 Å². The molecule has 0 spiro atoms. The summed E-state index contributed by atoms with van der Waals surface area (Å²) in [6.45, 7) is 3.08. The SMILES string of the molecule is COc1cc(C)c(C)cc1OCF. The number of methoxy groups -OCH3 is 1. The number of alkyl halides is 1. The van der Waals surface area contributed by atoms with Crippen molar-refractivity contribution in [3.8, 4) is 11.5 Å². The van der Waals surface area contributed by atoms with Crippen molar-refractivity contribution in [2.75, 3.05) is 14.0 Å². The Bertz CT molecular complexity index is 297. The van der Waals surface area contributed by atoms with E-state index in [0.717, 1.165) is 11.1 Å². The smallest absolute Gasteiger partial charge is 0.228 e. The summed E-state index contributed by atoms with van der Waals surface area (Å²) in [4.78, 5) is 0. The maximum atomic E-state index is 11.9. The van der Waals surface area contributed by atoms with Crippen LogP contribution < -0.4 is 9.47 Å². The molecule has 0 aliphatic rings. The molecule has 3 heteroatoms. The topological polar surface area (TPSA) is 18.5 Å². The highest BCUT2D eigenvalue weighted by Crippen LogP contribution is 2.30. The van der Waals surface area contributed by atoms with Gasteiger partial charge in [0.25, 0.3) is 0 Å². The van der Waals surface area contributed by atoms with Gasteiger partial charge in [-0.3, -0.25) is 0 Å². The van der Waals surface area contributed by atoms with Crippen LogP contribution in [-0.2, 0) is 0 Å². The highest BCUT2D eigenvalue weighted by molar-refractivity contribution is 5.46. The van der Waals surface area contributed by atoms with E-state index in [0.29, 0.717) is 11.5 Å². The summed E-state index contributed by atoms with van der Waals surface area (Å²) in [5, 5.41) is 0. The van der Waals surface area contributed by atoms with Crippen LogP contribution in [0.1, 0.15) is 11.1 Å². The van der Waals surface area contributed by atoms with E-state index in [2.05, 4.69) is 0 Å². The van der Waals surface area contributed by atoms with Gasteiger partial charge in [-0.1, -0.05) is 0 Å². The zero-order valence-electron chi connectivity index (χ0n) is 8.06. The quantitative estimate of drug-likeness (QED) is 0.718. The molecule has 0 saturated heterocycles. The third-order valence-electron chi connectivity index (χ3n) is 1.99. The van der Waals surface area contributed by atoms with Crippen LogP contribution in [0, 0.1) is 13.8 Å². The van der Waals surface area contributed by atoms with Crippen LogP contribution in [-0.4, -0.2) is 14.0 Å². The van der Waals surface area contributed by atoms with E-state index in [1.165, 1.54) is 7.11 Å². The van der Waals surface area contributed by atoms with Crippen molar-refractivity contribution in [2.24, 2.45) is 0 Å². The minimum atomic E-state index is -0.834. The summed E-state index contributed by atoms with van der Waals surface area (Å²) >= 11 is 0. The van der Waals surface area contributed by atoms with E-state index < -0.39 is 6.86 Å². The lowest BCUT2D eigenvalue weighted by Gasteiger charge is -2.10. The number of hydrogen-bond acceptors (Lipinski definition) is 2. The van der Waals surface area contributed by atoms with Crippen LogP contribution in [0.4, 0.5) is 4.39 Å². The summed E-state index contributed by atoms with van der Waals surface area (Å²) in [6, 6.07) is 3.61. The molecule has 0 aliphatic carbocycles. The molecule has 72 valence electrons. The number of rotatable bonds is 3. The molecule has 0 amide bonds. The van der Waals surface area contributed by atoms with Gasteiger partial charge in [-0.2, -0.15) is 0 Å². The molecular weight excluding hydrogens is 171 g/mol. The molecule has 1 aromatic rings. The van der Waals surface area contributed by atoms with Gasteiger partial charge in [-0.25, -0.2) is 4.39 Å². The Kier molecular flexibility index (Phi) is 3.12. The van der Waals surface area contributed by atoms with Gasteiger partial charge in [0.2, 0.25) is 6.86 Å². The van der Waals surface area contributed by atoms with E-state index >= 15 is 0 Å². The lowest BCUT2D eigenvalue weighted by molar-refractivity contribution is 0.184. The van der Waals surface area contributed by atoms with Crippen LogP contribution in [0.25, 0.3) is 0 Å². The van der Waals surface area contributed by atoms with Crippen molar-refractivity contribution in [3.05, 3.63) is 23.3 Å². The lowest BCUT2D eigenvalue weighted by Crippen LogP contribution is -1.96. The second-order valence-corrected chi connectivity index (χ2v) is 2.84. The molecule has 0 aliphatic heterocycles. The Labute approximate surface area is 77.3 Å². The number of halogens is 1. The van der Waals surface area contributed by atoms with Gasteiger partial charge in [0.1, 0.15) is 0 Å². The zero-order chi connectivity index (χ0) is 9.84. The molecule has 1 rings (SSSR count). The number of ether oxygens (including phenoxy) is 2. The first kappa shape index (κ1) is 9.84. The fourth-order valence-electron chi connectivity index (χ4n) is 1.09. The predicted octanol–water partition coefficient (Wildman–Crippen LogP) is 2.62. The largest absolute Gasteiger partial charge is 0.493 e. The summed E-state index contributed by atoms with van der Waals surface area (Å²) in [6.07, 6.45) is 0. The summed E-state index contributed by atoms with van der Waals surface area (Å²) < 4.78 is 21.8. The molecule has 0 unspecified atom stereocenters. The lowest BCUT2D eigenvalue weighted by atomic mass is 10.1. The minimum absolute atomic E-state index is 0.452. The normalized spacial score (nSPS) is 9.85. The summed E-state index contributed by atoms with van der Waals surface area (Å²) in [5.74, 6) is 1.02. The molecule has 0 bridgehead atoms. The van der Waals surface area contributed by atoms with E-state index in [-0.39, 0.29) is 0 Å². The van der Waals surface area contributed by atoms with Crippen molar-refractivity contribution >= 4 is 0 Å². The van der Waals surface area contributed by atoms with Gasteiger partial charge in [0.15, 0.2) is 11.5 Å². The maximum absolute atomic E-state index is 11.9. The molecule has 0 aromatic heterocycles. The molecule has 0 fully saturated rings. The van der Waals surface area contributed by atoms with E-state index in [1.807, 2.05) is 19.9 Å². The van der Waals surface area contributed by atoms with Crippen LogP contribution in [0.3, 0.4) is 0 Å². The molecule has 1 aromatic carbocycles. The highest BCUT2D eigenvalue weighted by atomic mass is 19.1. The van der Waals surface area contributed by atoms with E-state index in [1.54, 1.807) is 6.07 Å². The van der Waals surface area contributed by atoms with Crippen molar-refractivity contribution in [1.29, 1.82) is 0 Å². The first-order valence-corrected chi connectivity index (χ1v) is 4.03. The van der Waals surface area contributed by atoms with E-state index in [4.69, 9.17) is 9.47 Å². The van der Waals surface area contributed by atoms with Crippen molar-refractivity contribution in [3.63, 3.8) is 0 Å². The molecule has 0 saturated carbocycles. The second kappa shape index (κ2) is 4.12. The van der Waals surface area contributed by atoms with E-state index in [9.17, 15) is 4.39 Å². The predicted molar refractivity (Wildman–Crippen MR) is 49.1 cm³/mol. The van der Waals surface area contributed by atoms with Crippen LogP contribution in [0.15, 0.2) is 12.1 Å². The summed E-state index contributed by atoms with van der Waals surface area (Å²) in [5.41, 5.74) is 2.16. The molecule has 0 heterocycles. The monoisotopic (exact) mass is 184 g/mol. The first-order chi connectivity index (χ1) is 6.19. The van der Waals surface area contributed by atoms with Gasteiger partial charge >= 0.3 is 0 Å². The average Bonchev–Trinajstić information content (AvgIpc) is 2.11. The van der Waals surface area contributed by atoms with Gasteiger partial charge in [0, 0.05) is 0 Å². The van der Waals surface area contributed by atoms with Gasteiger partial charge in [-0.15, -0.1) is 0 Å². The Morgan fingerprint density at radius 2 is 1.69 bits per heavy atom. The fourth-order valence-corrected chi connectivity index (χ4v) is 1.09. The zero-order valence-corrected chi connectivity index (χ0v) is 8.06. The Morgan fingerprint density at radius 1 is 1.15 bits per heavy atom. The maximum Gasteiger partial charge on any atom is 0.228 e. The summed E-state index contributed by atoms with van der Waals surface area (Å²) in [7, 11) is 1.54. The molecule has 13 heavy (non-hydrogen) atoms. The standard InChI is InChI=1S/C10H13FO2/c1-7-4-9(12-3)10(13-6-11)5-8(7)2/h4-5H,6H2,1-3H3. The van der Waals surface area contributed by atoms with Crippen molar-refractivity contribution < 1.29 is 13.9 Å². The van der Waals surface area contributed by atoms with Crippen LogP contribution in [0.2, 0.25) is 0 Å². The number of aryl methyl sites for hydroxylation is 2. The van der Waals surface area contributed by atoms with Crippen LogP contribution in [0.5, 0.6) is 11.5 Å². The number of benzene rings is 1. The number of hydrogen-bond donors (Lipinski definition) is 0. The molecule has 0 N–H and O–H groups in total. The average molecular weight is 184 g/mol. The van der Waals surface area contributed by atoms with Gasteiger partial charge in [-0.05, 0) is 37.1 Å². The molecule has 0 radical (unpaired) electrons. The third kappa shape index (κ3) is 2.11. The fraction of sp³-hybridized carbons (Fsp3) is 0.400. The third-order valence-corrected chi connectivity index (χ3v) is 1.99. The van der Waals surface area contributed by atoms with Crippen LogP contribution >= 0.6 is 0 Å². The Hall–Kier alpha value is -1.25. The van der Waals surface area contributed by atoms with Crippen molar-refractivity contribution in [1.82, 2.24) is 0 Å². The molecular formula is C10H13FO2. The molecule has 2 nitrogen and oxygen atoms in total. The highest BCUT2D eigenvalue weighted by Gasteiger charge is 2.06. The molecule has 0 atom stereocenters. The van der Waals surface area contributed by atoms with Crippen molar-refractivity contribution in [2.45, 2.75) is 13.8 Å². The second-order valence-electron chi connectivity index (χ2n) is 2.84. The van der Waals surface area contributed by atoms with Gasteiger partial charge < -0.3 is 9.47 Å². The Morgan fingerprint density at radius 3 is 2.15 bits per heavy atom.